The Morgan fingerprint density at radius 1 is 1.17 bits per heavy atom. The van der Waals surface area contributed by atoms with Crippen molar-refractivity contribution in [3.63, 3.8) is 0 Å². The van der Waals surface area contributed by atoms with Gasteiger partial charge in [0, 0.05) is 44.2 Å². The van der Waals surface area contributed by atoms with Gasteiger partial charge in [0.25, 0.3) is 5.91 Å². The second-order valence-electron chi connectivity index (χ2n) is 6.88. The van der Waals surface area contributed by atoms with E-state index in [0.717, 1.165) is 18.5 Å². The molecule has 0 N–H and O–H groups in total. The van der Waals surface area contributed by atoms with Gasteiger partial charge in [0.1, 0.15) is 0 Å². The van der Waals surface area contributed by atoms with Gasteiger partial charge in [-0.2, -0.15) is 0 Å². The van der Waals surface area contributed by atoms with E-state index in [1.165, 1.54) is 0 Å². The van der Waals surface area contributed by atoms with E-state index in [4.69, 9.17) is 0 Å². The number of likely N-dealkylation sites (tertiary alicyclic amines) is 2. The maximum atomic E-state index is 12.9. The molecule has 2 amide bonds. The molecule has 120 valence electrons. The maximum absolute atomic E-state index is 12.9. The van der Waals surface area contributed by atoms with Crippen LogP contribution in [0.3, 0.4) is 0 Å². The molecule has 0 unspecified atom stereocenters. The molecule has 0 spiro atoms. The lowest BCUT2D eigenvalue weighted by Gasteiger charge is -2.30. The summed E-state index contributed by atoms with van der Waals surface area (Å²) in [6, 6.07) is 5.41. The van der Waals surface area contributed by atoms with Gasteiger partial charge in [-0.05, 0) is 30.4 Å². The highest BCUT2D eigenvalue weighted by Crippen LogP contribution is 2.33. The Morgan fingerprint density at radius 3 is 2.83 bits per heavy atom. The largest absolute Gasteiger partial charge is 0.345 e. The van der Waals surface area contributed by atoms with Crippen molar-refractivity contribution in [1.29, 1.82) is 0 Å². The molecule has 0 bridgehead atoms. The van der Waals surface area contributed by atoms with Crippen molar-refractivity contribution in [3.8, 4) is 0 Å². The van der Waals surface area contributed by atoms with Crippen molar-refractivity contribution in [3.05, 3.63) is 34.9 Å². The number of carbonyl (C=O) groups is 3. The average Bonchev–Trinajstić information content (AvgIpc) is 3.15. The van der Waals surface area contributed by atoms with Crippen LogP contribution in [0.2, 0.25) is 0 Å². The first-order valence-corrected chi connectivity index (χ1v) is 8.25. The van der Waals surface area contributed by atoms with Gasteiger partial charge in [0.15, 0.2) is 5.78 Å². The number of nitrogens with zero attached hydrogens (tertiary/aromatic N) is 2. The quantitative estimate of drug-likeness (QED) is 0.787. The first-order chi connectivity index (χ1) is 11.1. The van der Waals surface area contributed by atoms with E-state index in [1.807, 2.05) is 24.1 Å². The molecule has 23 heavy (non-hydrogen) atoms. The number of fused-ring (bicyclic) bond motifs is 2. The van der Waals surface area contributed by atoms with E-state index in [2.05, 4.69) is 0 Å². The number of amides is 2. The van der Waals surface area contributed by atoms with Crippen molar-refractivity contribution in [1.82, 2.24) is 9.80 Å². The van der Waals surface area contributed by atoms with Gasteiger partial charge in [0.2, 0.25) is 5.91 Å². The Kier molecular flexibility index (Phi) is 3.25. The van der Waals surface area contributed by atoms with E-state index < -0.39 is 0 Å². The summed E-state index contributed by atoms with van der Waals surface area (Å²) in [6.07, 6.45) is 2.11. The summed E-state index contributed by atoms with van der Waals surface area (Å²) in [6.45, 7) is 1.93. The molecule has 0 radical (unpaired) electrons. The van der Waals surface area contributed by atoms with Crippen LogP contribution in [-0.4, -0.2) is 54.1 Å². The molecule has 5 nitrogen and oxygen atoms in total. The van der Waals surface area contributed by atoms with E-state index >= 15 is 0 Å². The number of hydrogen-bond donors (Lipinski definition) is 0. The topological polar surface area (TPSA) is 57.7 Å². The van der Waals surface area contributed by atoms with Gasteiger partial charge in [0.05, 0.1) is 5.92 Å². The monoisotopic (exact) mass is 312 g/mol. The Bertz CT molecular complexity index is 712. The second kappa shape index (κ2) is 5.18. The molecule has 4 rings (SSSR count). The van der Waals surface area contributed by atoms with Crippen LogP contribution in [0.25, 0.3) is 0 Å². The van der Waals surface area contributed by atoms with Crippen LogP contribution in [0, 0.1) is 11.8 Å². The molecule has 0 saturated carbocycles. The Hall–Kier alpha value is -2.17. The van der Waals surface area contributed by atoms with Crippen LogP contribution in [-0.2, 0) is 11.2 Å². The van der Waals surface area contributed by atoms with Gasteiger partial charge in [-0.15, -0.1) is 0 Å². The molecule has 2 heterocycles. The smallest absolute Gasteiger partial charge is 0.254 e. The highest BCUT2D eigenvalue weighted by Gasteiger charge is 2.43. The molecule has 2 fully saturated rings. The summed E-state index contributed by atoms with van der Waals surface area (Å²) in [5.41, 5.74) is 2.23. The molecule has 2 atom stereocenters. The second-order valence-corrected chi connectivity index (χ2v) is 6.88. The van der Waals surface area contributed by atoms with Crippen LogP contribution in [0.15, 0.2) is 18.2 Å². The standard InChI is InChI=1S/C18H20N2O3/c1-19-8-7-11-9-20(10-15(11)17(19)22)18(23)14-4-2-3-13-12(14)5-6-16(13)21/h2-4,11,15H,5-10H2,1H3/t11-,15+/m1/s1. The van der Waals surface area contributed by atoms with Crippen molar-refractivity contribution in [2.45, 2.75) is 19.3 Å². The summed E-state index contributed by atoms with van der Waals surface area (Å²) in [4.78, 5) is 40.7. The lowest BCUT2D eigenvalue weighted by Crippen LogP contribution is -2.42. The van der Waals surface area contributed by atoms with Gasteiger partial charge in [-0.3, -0.25) is 14.4 Å². The van der Waals surface area contributed by atoms with Crippen molar-refractivity contribution < 1.29 is 14.4 Å². The third-order valence-corrected chi connectivity index (χ3v) is 5.57. The predicted octanol–water partition coefficient (Wildman–Crippen LogP) is 1.37. The number of benzene rings is 1. The molecule has 2 saturated heterocycles. The van der Waals surface area contributed by atoms with Crippen molar-refractivity contribution in [2.24, 2.45) is 11.8 Å². The molecule has 1 aromatic rings. The minimum absolute atomic E-state index is 0.0265. The predicted molar refractivity (Wildman–Crippen MR) is 84.2 cm³/mol. The Labute approximate surface area is 135 Å². The number of rotatable bonds is 1. The number of carbonyl (C=O) groups excluding carboxylic acids is 3. The summed E-state index contributed by atoms with van der Waals surface area (Å²) >= 11 is 0. The van der Waals surface area contributed by atoms with E-state index in [9.17, 15) is 14.4 Å². The zero-order valence-electron chi connectivity index (χ0n) is 13.2. The highest BCUT2D eigenvalue weighted by atomic mass is 16.2. The number of Topliss-reactive ketones (excluding diaryl/α,β-unsaturated/α-hetero) is 1. The third-order valence-electron chi connectivity index (χ3n) is 5.57. The van der Waals surface area contributed by atoms with Gasteiger partial charge >= 0.3 is 0 Å². The molecular formula is C18H20N2O3. The van der Waals surface area contributed by atoms with Crippen molar-refractivity contribution >= 4 is 17.6 Å². The van der Waals surface area contributed by atoms with E-state index in [1.54, 1.807) is 11.0 Å². The molecule has 5 heteroatoms. The maximum Gasteiger partial charge on any atom is 0.254 e. The zero-order valence-corrected chi connectivity index (χ0v) is 13.2. The minimum atomic E-state index is -0.0592. The van der Waals surface area contributed by atoms with Crippen LogP contribution >= 0.6 is 0 Å². The van der Waals surface area contributed by atoms with Gasteiger partial charge in [-0.25, -0.2) is 0 Å². The SMILES string of the molecule is CN1CC[C@@H]2CN(C(=O)c3cccc4c3CCC4=O)C[C@@H]2C1=O. The van der Waals surface area contributed by atoms with Crippen LogP contribution in [0.1, 0.15) is 39.1 Å². The molecule has 1 aliphatic carbocycles. The average molecular weight is 312 g/mol. The molecule has 2 aliphatic heterocycles. The summed E-state index contributed by atoms with van der Waals surface area (Å²) in [7, 11) is 1.83. The zero-order chi connectivity index (χ0) is 16.1. The lowest BCUT2D eigenvalue weighted by molar-refractivity contribution is -0.137. The Morgan fingerprint density at radius 2 is 2.00 bits per heavy atom. The summed E-state index contributed by atoms with van der Waals surface area (Å²) < 4.78 is 0. The number of hydrogen-bond acceptors (Lipinski definition) is 3. The normalized spacial score (nSPS) is 26.5. The van der Waals surface area contributed by atoms with E-state index in [0.29, 0.717) is 37.1 Å². The van der Waals surface area contributed by atoms with Crippen LogP contribution in [0.5, 0.6) is 0 Å². The summed E-state index contributed by atoms with van der Waals surface area (Å²) in [5, 5.41) is 0. The van der Waals surface area contributed by atoms with Crippen LogP contribution < -0.4 is 0 Å². The van der Waals surface area contributed by atoms with Crippen molar-refractivity contribution in [2.75, 3.05) is 26.7 Å². The molecular weight excluding hydrogens is 292 g/mol. The molecule has 3 aliphatic rings. The number of ketones is 1. The summed E-state index contributed by atoms with van der Waals surface area (Å²) in [5.74, 6) is 0.477. The number of piperidine rings is 1. The fraction of sp³-hybridized carbons (Fsp3) is 0.500. The molecule has 0 aromatic heterocycles. The first-order valence-electron chi connectivity index (χ1n) is 8.25. The first kappa shape index (κ1) is 14.4. The lowest BCUT2D eigenvalue weighted by atomic mass is 9.88. The van der Waals surface area contributed by atoms with Crippen LogP contribution in [0.4, 0.5) is 0 Å². The fourth-order valence-corrected chi connectivity index (χ4v) is 4.22. The third kappa shape index (κ3) is 2.18. The van der Waals surface area contributed by atoms with Gasteiger partial charge in [-0.1, -0.05) is 12.1 Å². The van der Waals surface area contributed by atoms with Gasteiger partial charge < -0.3 is 9.80 Å². The fourth-order valence-electron chi connectivity index (χ4n) is 4.22. The minimum Gasteiger partial charge on any atom is -0.345 e. The Balaban J connectivity index is 1.60. The molecule has 1 aromatic carbocycles. The highest BCUT2D eigenvalue weighted by molar-refractivity contribution is 6.05. The van der Waals surface area contributed by atoms with E-state index in [-0.39, 0.29) is 29.4 Å².